The molecule has 1 aliphatic heterocycles. The highest BCUT2D eigenvalue weighted by atomic mass is 32.2. The van der Waals surface area contributed by atoms with Crippen LogP contribution in [-0.2, 0) is 11.3 Å². The minimum absolute atomic E-state index is 0.0172. The highest BCUT2D eigenvalue weighted by molar-refractivity contribution is 8.14. The van der Waals surface area contributed by atoms with Crippen LogP contribution in [0.15, 0.2) is 29.3 Å². The maximum Gasteiger partial charge on any atom is 0.229 e. The summed E-state index contributed by atoms with van der Waals surface area (Å²) in [6.45, 7) is 5.25. The number of carbonyl (C=O) groups excluding carboxylic acids is 1. The number of benzene rings is 1. The topological polar surface area (TPSA) is 41.5 Å². The van der Waals surface area contributed by atoms with Crippen LogP contribution in [0.4, 0.5) is 8.78 Å². The number of nitrogens with zero attached hydrogens (tertiary/aromatic N) is 1. The predicted molar refractivity (Wildman–Crippen MR) is 88.2 cm³/mol. The largest absolute Gasteiger partial charge is 0.305 e. The molecular weight excluding hydrogens is 306 g/mol. The fraction of sp³-hybridized carbons (Fsp3) is 0.500. The summed E-state index contributed by atoms with van der Waals surface area (Å²) < 4.78 is 24.4. The molecule has 0 bridgehead atoms. The number of hydrogen-bond donors (Lipinski definition) is 1. The number of hydrogen-bond acceptors (Lipinski definition) is 3. The lowest BCUT2D eigenvalue weighted by atomic mass is 10.1. The molecule has 1 unspecified atom stereocenters. The SMILES string of the molecule is CC(C)F.CCC1CSC(=NCc2ccccc2F)NC1=O. The molecule has 0 saturated carbocycles. The van der Waals surface area contributed by atoms with Gasteiger partial charge in [0.25, 0.3) is 0 Å². The van der Waals surface area contributed by atoms with E-state index in [1.807, 2.05) is 6.92 Å². The number of amides is 1. The van der Waals surface area contributed by atoms with Crippen LogP contribution < -0.4 is 5.32 Å². The van der Waals surface area contributed by atoms with Crippen LogP contribution in [0.5, 0.6) is 0 Å². The molecule has 0 spiro atoms. The Morgan fingerprint density at radius 1 is 1.41 bits per heavy atom. The second-order valence-corrected chi connectivity index (χ2v) is 6.14. The van der Waals surface area contributed by atoms with Gasteiger partial charge in [-0.1, -0.05) is 36.9 Å². The van der Waals surface area contributed by atoms with Crippen LogP contribution in [0.2, 0.25) is 0 Å². The van der Waals surface area contributed by atoms with Gasteiger partial charge in [-0.05, 0) is 26.3 Å². The maximum atomic E-state index is 13.4. The molecule has 1 aromatic carbocycles. The van der Waals surface area contributed by atoms with Crippen molar-refractivity contribution < 1.29 is 13.6 Å². The van der Waals surface area contributed by atoms with E-state index in [0.717, 1.165) is 12.2 Å². The number of nitrogens with one attached hydrogen (secondary N) is 1. The number of thioether (sulfide) groups is 1. The number of halogens is 2. The first-order chi connectivity index (χ1) is 10.4. The molecule has 1 saturated heterocycles. The van der Waals surface area contributed by atoms with Gasteiger partial charge in [0.2, 0.25) is 5.91 Å². The minimum Gasteiger partial charge on any atom is -0.305 e. The summed E-state index contributed by atoms with van der Waals surface area (Å²) >= 11 is 1.52. The van der Waals surface area contributed by atoms with Crippen molar-refractivity contribution in [1.29, 1.82) is 0 Å². The van der Waals surface area contributed by atoms with Crippen molar-refractivity contribution in [3.63, 3.8) is 0 Å². The number of alkyl halides is 1. The molecule has 1 atom stereocenters. The third-order valence-electron chi connectivity index (χ3n) is 2.87. The van der Waals surface area contributed by atoms with Gasteiger partial charge in [-0.2, -0.15) is 0 Å². The van der Waals surface area contributed by atoms with Crippen molar-refractivity contribution in [3.05, 3.63) is 35.6 Å². The van der Waals surface area contributed by atoms with Gasteiger partial charge in [0.15, 0.2) is 5.17 Å². The van der Waals surface area contributed by atoms with E-state index in [-0.39, 0.29) is 24.2 Å². The average molecular weight is 328 g/mol. The summed E-state index contributed by atoms with van der Waals surface area (Å²) in [5, 5.41) is 3.35. The monoisotopic (exact) mass is 328 g/mol. The molecule has 1 aromatic rings. The van der Waals surface area contributed by atoms with Crippen LogP contribution in [0, 0.1) is 11.7 Å². The number of aliphatic imine (C=N–C) groups is 1. The van der Waals surface area contributed by atoms with Crippen LogP contribution in [0.25, 0.3) is 0 Å². The summed E-state index contributed by atoms with van der Waals surface area (Å²) in [5.74, 6) is 0.560. The van der Waals surface area contributed by atoms with Crippen LogP contribution in [-0.4, -0.2) is 23.0 Å². The third kappa shape index (κ3) is 6.56. The smallest absolute Gasteiger partial charge is 0.229 e. The Morgan fingerprint density at radius 2 is 2.05 bits per heavy atom. The molecule has 6 heteroatoms. The van der Waals surface area contributed by atoms with Crippen LogP contribution in [0.3, 0.4) is 0 Å². The molecule has 1 aliphatic rings. The Morgan fingerprint density at radius 3 is 2.59 bits per heavy atom. The van der Waals surface area contributed by atoms with E-state index in [2.05, 4.69) is 10.3 Å². The molecule has 0 aromatic heterocycles. The van der Waals surface area contributed by atoms with Gasteiger partial charge >= 0.3 is 0 Å². The second kappa shape index (κ2) is 9.56. The van der Waals surface area contributed by atoms with E-state index in [4.69, 9.17) is 0 Å². The van der Waals surface area contributed by atoms with E-state index in [1.54, 1.807) is 18.2 Å². The van der Waals surface area contributed by atoms with Crippen molar-refractivity contribution in [2.45, 2.75) is 39.9 Å². The van der Waals surface area contributed by atoms with E-state index >= 15 is 0 Å². The van der Waals surface area contributed by atoms with Crippen molar-refractivity contribution in [1.82, 2.24) is 5.32 Å². The molecule has 0 aliphatic carbocycles. The first kappa shape index (κ1) is 18.6. The van der Waals surface area contributed by atoms with Crippen LogP contribution >= 0.6 is 11.8 Å². The van der Waals surface area contributed by atoms with Gasteiger partial charge < -0.3 is 5.32 Å². The Kier molecular flexibility index (Phi) is 8.09. The fourth-order valence-corrected chi connectivity index (χ4v) is 2.75. The number of carbonyl (C=O) groups is 1. The van der Waals surface area contributed by atoms with Gasteiger partial charge in [0.1, 0.15) is 5.82 Å². The summed E-state index contributed by atoms with van der Waals surface area (Å²) in [4.78, 5) is 15.9. The Labute approximate surface area is 134 Å². The molecule has 1 amide bonds. The first-order valence-corrected chi connectivity index (χ1v) is 8.28. The van der Waals surface area contributed by atoms with E-state index in [1.165, 1.54) is 31.7 Å². The average Bonchev–Trinajstić information content (AvgIpc) is 2.46. The normalized spacial score (nSPS) is 19.6. The summed E-state index contributed by atoms with van der Waals surface area (Å²) in [7, 11) is 0. The zero-order valence-corrected chi connectivity index (χ0v) is 13.9. The highest BCUT2D eigenvalue weighted by Gasteiger charge is 2.24. The first-order valence-electron chi connectivity index (χ1n) is 7.29. The third-order valence-corrected chi connectivity index (χ3v) is 3.94. The number of amidine groups is 1. The van der Waals surface area contributed by atoms with Gasteiger partial charge in [-0.25, -0.2) is 8.78 Å². The highest BCUT2D eigenvalue weighted by Crippen LogP contribution is 2.19. The lowest BCUT2D eigenvalue weighted by molar-refractivity contribution is -0.123. The molecule has 3 nitrogen and oxygen atoms in total. The van der Waals surface area contributed by atoms with Gasteiger partial charge in [-0.3, -0.25) is 9.79 Å². The van der Waals surface area contributed by atoms with Gasteiger partial charge in [0.05, 0.1) is 12.7 Å². The summed E-state index contributed by atoms with van der Waals surface area (Å²) in [6, 6.07) is 6.53. The lowest BCUT2D eigenvalue weighted by Gasteiger charge is -2.21. The summed E-state index contributed by atoms with van der Waals surface area (Å²) in [6.07, 6.45) is 0.166. The zero-order valence-electron chi connectivity index (χ0n) is 13.1. The predicted octanol–water partition coefficient (Wildman–Crippen LogP) is 3.94. The van der Waals surface area contributed by atoms with Crippen molar-refractivity contribution in [3.8, 4) is 0 Å². The molecule has 22 heavy (non-hydrogen) atoms. The molecule has 122 valence electrons. The van der Waals surface area contributed by atoms with E-state index in [9.17, 15) is 13.6 Å². The molecule has 1 N–H and O–H groups in total. The van der Waals surface area contributed by atoms with Crippen molar-refractivity contribution in [2.75, 3.05) is 5.75 Å². The molecule has 2 rings (SSSR count). The van der Waals surface area contributed by atoms with E-state index < -0.39 is 6.17 Å². The minimum atomic E-state index is -0.667. The zero-order chi connectivity index (χ0) is 16.5. The molecule has 1 heterocycles. The Balaban J connectivity index is 0.000000541. The Bertz CT molecular complexity index is 518. The Hall–Kier alpha value is -1.43. The molecule has 1 fully saturated rings. The number of rotatable bonds is 3. The van der Waals surface area contributed by atoms with Crippen LogP contribution in [0.1, 0.15) is 32.8 Å². The maximum absolute atomic E-state index is 13.4. The van der Waals surface area contributed by atoms with Crippen molar-refractivity contribution in [2.24, 2.45) is 10.9 Å². The van der Waals surface area contributed by atoms with Gasteiger partial charge in [0, 0.05) is 17.2 Å². The second-order valence-electron chi connectivity index (χ2n) is 5.13. The van der Waals surface area contributed by atoms with Crippen molar-refractivity contribution >= 4 is 22.8 Å². The van der Waals surface area contributed by atoms with E-state index in [0.29, 0.717) is 10.7 Å². The molecule has 0 radical (unpaired) electrons. The lowest BCUT2D eigenvalue weighted by Crippen LogP contribution is -2.40. The quantitative estimate of drug-likeness (QED) is 0.913. The molecular formula is C16H22F2N2OS. The summed E-state index contributed by atoms with van der Waals surface area (Å²) in [5.41, 5.74) is 0.539. The fourth-order valence-electron chi connectivity index (χ4n) is 1.67. The van der Waals surface area contributed by atoms with Gasteiger partial charge in [-0.15, -0.1) is 0 Å². The standard InChI is InChI=1S/C13H15FN2OS.C3H7F/c1-2-9-8-18-13(16-12(9)17)15-7-10-5-3-4-6-11(10)14;1-3(2)4/h3-6,9H,2,7-8H2,1H3,(H,15,16,17);3H,1-2H3.